The first-order valence-corrected chi connectivity index (χ1v) is 6.38. The third kappa shape index (κ3) is 2.95. The monoisotopic (exact) mass is 270 g/mol. The summed E-state index contributed by atoms with van der Waals surface area (Å²) in [4.78, 5) is 26.5. The van der Waals surface area contributed by atoms with Crippen LogP contribution < -0.4 is 10.6 Å². The highest BCUT2D eigenvalue weighted by Crippen LogP contribution is 2.34. The number of hydrogen-bond donors (Lipinski definition) is 3. The second kappa shape index (κ2) is 4.89. The summed E-state index contributed by atoms with van der Waals surface area (Å²) in [6.07, 6.45) is 2.28. The zero-order valence-corrected chi connectivity index (χ0v) is 10.7. The Balaban J connectivity index is 1.91. The molecule has 0 aromatic carbocycles. The molecule has 1 aromatic rings. The molecule has 3 N–H and O–H groups in total. The molecule has 8 heteroatoms. The zero-order valence-electron chi connectivity index (χ0n) is 9.89. The van der Waals surface area contributed by atoms with E-state index in [0.29, 0.717) is 23.8 Å². The van der Waals surface area contributed by atoms with Crippen LogP contribution in [0.4, 0.5) is 9.93 Å². The summed E-state index contributed by atoms with van der Waals surface area (Å²) in [5, 5.41) is 14.5. The number of aryl methyl sites for hydroxylation is 1. The molecule has 1 heterocycles. The zero-order chi connectivity index (χ0) is 13.2. The fourth-order valence-electron chi connectivity index (χ4n) is 1.96. The van der Waals surface area contributed by atoms with Gasteiger partial charge in [0.25, 0.3) is 0 Å². The topological polar surface area (TPSA) is 104 Å². The van der Waals surface area contributed by atoms with Crippen LogP contribution in [0.25, 0.3) is 0 Å². The van der Waals surface area contributed by atoms with E-state index in [-0.39, 0.29) is 6.42 Å². The number of nitrogens with one attached hydrogen (secondary N) is 2. The molecule has 0 saturated heterocycles. The average Bonchev–Trinajstić information content (AvgIpc) is 2.59. The standard InChI is InChI=1S/C10H14N4O3S/c1-6-11-9(18-14-6)12-8(17)13-10(3-2-4-10)5-7(15)16/h2-5H2,1H3,(H,15,16)(H2,11,12,13,14,17). The average molecular weight is 270 g/mol. The minimum atomic E-state index is -0.901. The first-order valence-electron chi connectivity index (χ1n) is 5.60. The Morgan fingerprint density at radius 1 is 1.50 bits per heavy atom. The molecule has 2 rings (SSSR count). The Morgan fingerprint density at radius 3 is 2.67 bits per heavy atom. The van der Waals surface area contributed by atoms with E-state index in [1.54, 1.807) is 6.92 Å². The van der Waals surface area contributed by atoms with Crippen LogP contribution in [0.1, 0.15) is 31.5 Å². The molecule has 0 unspecified atom stereocenters. The number of carbonyl (C=O) groups excluding carboxylic acids is 1. The Bertz CT molecular complexity index is 469. The third-order valence-electron chi connectivity index (χ3n) is 2.93. The quantitative estimate of drug-likeness (QED) is 0.766. The number of amides is 2. The van der Waals surface area contributed by atoms with Crippen molar-refractivity contribution < 1.29 is 14.7 Å². The van der Waals surface area contributed by atoms with Crippen molar-refractivity contribution in [2.75, 3.05) is 5.32 Å². The lowest BCUT2D eigenvalue weighted by Gasteiger charge is -2.41. The van der Waals surface area contributed by atoms with Crippen LogP contribution in [0.3, 0.4) is 0 Å². The SMILES string of the molecule is Cc1nsc(NC(=O)NC2(CC(=O)O)CCC2)n1. The number of aromatic nitrogens is 2. The van der Waals surface area contributed by atoms with Crippen molar-refractivity contribution in [3.8, 4) is 0 Å². The van der Waals surface area contributed by atoms with Gasteiger partial charge in [0.15, 0.2) is 0 Å². The second-order valence-electron chi connectivity index (χ2n) is 4.43. The minimum Gasteiger partial charge on any atom is -0.481 e. The van der Waals surface area contributed by atoms with E-state index < -0.39 is 17.5 Å². The van der Waals surface area contributed by atoms with Crippen LogP contribution in [-0.2, 0) is 4.79 Å². The molecule has 0 atom stereocenters. The van der Waals surface area contributed by atoms with Gasteiger partial charge in [-0.3, -0.25) is 10.1 Å². The first kappa shape index (κ1) is 12.7. The number of aliphatic carboxylic acids is 1. The summed E-state index contributed by atoms with van der Waals surface area (Å²) < 4.78 is 3.94. The maximum absolute atomic E-state index is 11.7. The van der Waals surface area contributed by atoms with Crippen LogP contribution in [0.2, 0.25) is 0 Å². The Kier molecular flexibility index (Phi) is 3.46. The van der Waals surface area contributed by atoms with Gasteiger partial charge in [-0.25, -0.2) is 9.78 Å². The van der Waals surface area contributed by atoms with E-state index in [9.17, 15) is 9.59 Å². The van der Waals surface area contributed by atoms with Gasteiger partial charge in [-0.05, 0) is 26.2 Å². The molecule has 1 aliphatic rings. The lowest BCUT2D eigenvalue weighted by molar-refractivity contribution is -0.139. The van der Waals surface area contributed by atoms with Crippen molar-refractivity contribution >= 4 is 28.7 Å². The molecule has 0 aliphatic heterocycles. The molecule has 7 nitrogen and oxygen atoms in total. The molecule has 0 radical (unpaired) electrons. The molecule has 0 spiro atoms. The van der Waals surface area contributed by atoms with Gasteiger partial charge < -0.3 is 10.4 Å². The number of urea groups is 1. The smallest absolute Gasteiger partial charge is 0.321 e. The van der Waals surface area contributed by atoms with Crippen LogP contribution >= 0.6 is 11.5 Å². The van der Waals surface area contributed by atoms with Gasteiger partial charge in [0.05, 0.1) is 12.0 Å². The highest BCUT2D eigenvalue weighted by molar-refractivity contribution is 7.09. The highest BCUT2D eigenvalue weighted by atomic mass is 32.1. The Hall–Kier alpha value is -1.70. The van der Waals surface area contributed by atoms with E-state index in [0.717, 1.165) is 18.0 Å². The molecule has 0 bridgehead atoms. The fraction of sp³-hybridized carbons (Fsp3) is 0.600. The molecule has 18 heavy (non-hydrogen) atoms. The maximum atomic E-state index is 11.7. The van der Waals surface area contributed by atoms with E-state index >= 15 is 0 Å². The molecule has 1 saturated carbocycles. The largest absolute Gasteiger partial charge is 0.481 e. The fourth-order valence-corrected chi connectivity index (χ4v) is 2.53. The molecular weight excluding hydrogens is 256 g/mol. The molecule has 1 fully saturated rings. The van der Waals surface area contributed by atoms with E-state index in [1.807, 2.05) is 0 Å². The minimum absolute atomic E-state index is 0.0461. The van der Waals surface area contributed by atoms with Gasteiger partial charge in [-0.2, -0.15) is 4.37 Å². The summed E-state index contributed by atoms with van der Waals surface area (Å²) >= 11 is 1.09. The normalized spacial score (nSPS) is 16.7. The highest BCUT2D eigenvalue weighted by Gasteiger charge is 2.40. The summed E-state index contributed by atoms with van der Waals surface area (Å²) in [6.45, 7) is 1.73. The van der Waals surface area contributed by atoms with Crippen molar-refractivity contribution in [1.29, 1.82) is 0 Å². The molecule has 2 amide bonds. The predicted molar refractivity (Wildman–Crippen MR) is 65.6 cm³/mol. The molecule has 1 aromatic heterocycles. The van der Waals surface area contributed by atoms with Crippen LogP contribution in [-0.4, -0.2) is 32.0 Å². The molecule has 98 valence electrons. The number of carboxylic acid groups (broad SMARTS) is 1. The number of rotatable bonds is 4. The van der Waals surface area contributed by atoms with Gasteiger partial charge in [-0.15, -0.1) is 0 Å². The molecule has 1 aliphatic carbocycles. The van der Waals surface area contributed by atoms with Crippen molar-refractivity contribution in [2.45, 2.75) is 38.1 Å². The number of carbonyl (C=O) groups is 2. The van der Waals surface area contributed by atoms with Gasteiger partial charge >= 0.3 is 12.0 Å². The summed E-state index contributed by atoms with van der Waals surface area (Å²) in [5.41, 5.74) is -0.602. The van der Waals surface area contributed by atoms with E-state index in [4.69, 9.17) is 5.11 Å². The molecular formula is C10H14N4O3S. The number of hydrogen-bond acceptors (Lipinski definition) is 5. The third-order valence-corrected chi connectivity index (χ3v) is 3.65. The van der Waals surface area contributed by atoms with Crippen molar-refractivity contribution in [3.05, 3.63) is 5.82 Å². The lowest BCUT2D eigenvalue weighted by Crippen LogP contribution is -2.55. The van der Waals surface area contributed by atoms with E-state index in [1.165, 1.54) is 0 Å². The van der Waals surface area contributed by atoms with Crippen LogP contribution in [0.15, 0.2) is 0 Å². The predicted octanol–water partition coefficient (Wildman–Crippen LogP) is 1.37. The van der Waals surface area contributed by atoms with Crippen LogP contribution in [0.5, 0.6) is 0 Å². The van der Waals surface area contributed by atoms with Gasteiger partial charge in [0, 0.05) is 11.5 Å². The summed E-state index contributed by atoms with van der Waals surface area (Å²) in [5.74, 6) is -0.305. The van der Waals surface area contributed by atoms with Crippen molar-refractivity contribution in [1.82, 2.24) is 14.7 Å². The second-order valence-corrected chi connectivity index (χ2v) is 5.18. The summed E-state index contributed by atoms with van der Waals surface area (Å²) in [6, 6.07) is -0.424. The number of nitrogens with zero attached hydrogens (tertiary/aromatic N) is 2. The number of carboxylic acids is 1. The summed E-state index contributed by atoms with van der Waals surface area (Å²) in [7, 11) is 0. The van der Waals surface area contributed by atoms with Gasteiger partial charge in [0.2, 0.25) is 5.13 Å². The Morgan fingerprint density at radius 2 is 2.22 bits per heavy atom. The van der Waals surface area contributed by atoms with Gasteiger partial charge in [-0.1, -0.05) is 0 Å². The lowest BCUT2D eigenvalue weighted by atomic mass is 9.74. The Labute approximate surface area is 108 Å². The first-order chi connectivity index (χ1) is 8.49. The number of anilines is 1. The van der Waals surface area contributed by atoms with E-state index in [2.05, 4.69) is 20.0 Å². The van der Waals surface area contributed by atoms with Crippen molar-refractivity contribution in [2.24, 2.45) is 0 Å². The van der Waals surface area contributed by atoms with Crippen molar-refractivity contribution in [3.63, 3.8) is 0 Å². The van der Waals surface area contributed by atoms with Crippen LogP contribution in [0, 0.1) is 6.92 Å². The maximum Gasteiger partial charge on any atom is 0.321 e. The van der Waals surface area contributed by atoms with Gasteiger partial charge in [0.1, 0.15) is 5.82 Å².